The lowest BCUT2D eigenvalue weighted by molar-refractivity contribution is 0.430. The summed E-state index contributed by atoms with van der Waals surface area (Å²) in [7, 11) is 0. The van der Waals surface area contributed by atoms with Gasteiger partial charge >= 0.3 is 0 Å². The lowest BCUT2D eigenvalue weighted by Gasteiger charge is -1.89. The summed E-state index contributed by atoms with van der Waals surface area (Å²) in [6.45, 7) is 2.00. The molecule has 0 radical (unpaired) electrons. The highest BCUT2D eigenvalue weighted by atomic mass is 32.1. The summed E-state index contributed by atoms with van der Waals surface area (Å²) in [4.78, 5) is 1.04. The van der Waals surface area contributed by atoms with Crippen LogP contribution in [0.3, 0.4) is 0 Å². The van der Waals surface area contributed by atoms with E-state index in [4.69, 9.17) is 9.78 Å². The van der Waals surface area contributed by atoms with Gasteiger partial charge in [0.1, 0.15) is 6.07 Å². The molecule has 4 heteroatoms. The smallest absolute Gasteiger partial charge is 0.184 e. The Balaban J connectivity index is 2.48. The van der Waals surface area contributed by atoms with Crippen molar-refractivity contribution in [3.8, 4) is 16.7 Å². The molecule has 0 spiro atoms. The van der Waals surface area contributed by atoms with Crippen LogP contribution in [0.2, 0.25) is 0 Å². The molecule has 64 valence electrons. The Labute approximate surface area is 79.2 Å². The highest BCUT2D eigenvalue weighted by Gasteiger charge is 2.09. The fourth-order valence-electron chi connectivity index (χ4n) is 1.06. The Kier molecular flexibility index (Phi) is 1.87. The second-order valence-corrected chi connectivity index (χ2v) is 3.54. The first-order valence-electron chi connectivity index (χ1n) is 3.72. The molecule has 0 N–H and O–H groups in total. The summed E-state index contributed by atoms with van der Waals surface area (Å²) in [5, 5.41) is 14.1. The molecule has 0 saturated carbocycles. The van der Waals surface area contributed by atoms with Crippen LogP contribution >= 0.6 is 11.3 Å². The van der Waals surface area contributed by atoms with Gasteiger partial charge in [-0.25, -0.2) is 0 Å². The number of aromatic nitrogens is 1. The van der Waals surface area contributed by atoms with Crippen molar-refractivity contribution in [2.75, 3.05) is 0 Å². The molecule has 0 atom stereocenters. The molecule has 3 nitrogen and oxygen atoms in total. The molecular formula is C9H6N2OS. The van der Waals surface area contributed by atoms with Crippen molar-refractivity contribution in [3.63, 3.8) is 0 Å². The standard InChI is InChI=1S/C9H6N2OS/c1-6-2-3-13-9(6)8-4-7(5-10)11-12-8/h2-4H,1H3. The molecule has 0 saturated heterocycles. The average molecular weight is 190 g/mol. The average Bonchev–Trinajstić information content (AvgIpc) is 2.71. The van der Waals surface area contributed by atoms with Gasteiger partial charge in [0.25, 0.3) is 0 Å². The molecule has 0 aliphatic rings. The summed E-state index contributed by atoms with van der Waals surface area (Å²) in [5.74, 6) is 0.670. The Bertz CT molecular complexity index is 464. The molecular weight excluding hydrogens is 184 g/mol. The zero-order chi connectivity index (χ0) is 9.26. The molecule has 0 unspecified atom stereocenters. The number of nitrogens with zero attached hydrogens (tertiary/aromatic N) is 2. The zero-order valence-corrected chi connectivity index (χ0v) is 7.76. The monoisotopic (exact) mass is 190 g/mol. The van der Waals surface area contributed by atoms with E-state index in [1.807, 2.05) is 24.4 Å². The molecule has 0 fully saturated rings. The van der Waals surface area contributed by atoms with Gasteiger partial charge in [0.05, 0.1) is 4.88 Å². The lowest BCUT2D eigenvalue weighted by Crippen LogP contribution is -1.69. The topological polar surface area (TPSA) is 49.8 Å². The van der Waals surface area contributed by atoms with Gasteiger partial charge in [-0.15, -0.1) is 11.3 Å². The van der Waals surface area contributed by atoms with Gasteiger partial charge in [-0.05, 0) is 23.9 Å². The van der Waals surface area contributed by atoms with Crippen molar-refractivity contribution < 1.29 is 4.52 Å². The maximum Gasteiger partial charge on any atom is 0.184 e. The highest BCUT2D eigenvalue weighted by Crippen LogP contribution is 2.29. The second-order valence-electron chi connectivity index (χ2n) is 2.62. The number of nitriles is 1. The van der Waals surface area contributed by atoms with Gasteiger partial charge in [0, 0.05) is 6.07 Å². The van der Waals surface area contributed by atoms with E-state index in [0.29, 0.717) is 11.5 Å². The van der Waals surface area contributed by atoms with E-state index in [1.165, 1.54) is 0 Å². The number of thiophene rings is 1. The van der Waals surface area contributed by atoms with E-state index >= 15 is 0 Å². The first kappa shape index (κ1) is 8.02. The van der Waals surface area contributed by atoms with Gasteiger partial charge in [-0.3, -0.25) is 0 Å². The fraction of sp³-hybridized carbons (Fsp3) is 0.111. The Morgan fingerprint density at radius 1 is 1.62 bits per heavy atom. The van der Waals surface area contributed by atoms with Crippen LogP contribution in [0.1, 0.15) is 11.3 Å². The van der Waals surface area contributed by atoms with E-state index in [9.17, 15) is 0 Å². The largest absolute Gasteiger partial charge is 0.354 e. The van der Waals surface area contributed by atoms with Crippen LogP contribution in [0.15, 0.2) is 22.0 Å². The van der Waals surface area contributed by atoms with Gasteiger partial charge < -0.3 is 4.52 Å². The van der Waals surface area contributed by atoms with E-state index < -0.39 is 0 Å². The van der Waals surface area contributed by atoms with Crippen LogP contribution in [-0.2, 0) is 0 Å². The second kappa shape index (κ2) is 3.04. The van der Waals surface area contributed by atoms with Crippen molar-refractivity contribution in [1.29, 1.82) is 5.26 Å². The predicted molar refractivity (Wildman–Crippen MR) is 49.3 cm³/mol. The minimum Gasteiger partial charge on any atom is -0.354 e. The molecule has 0 aliphatic heterocycles. The number of rotatable bonds is 1. The van der Waals surface area contributed by atoms with E-state index in [2.05, 4.69) is 5.16 Å². The SMILES string of the molecule is Cc1ccsc1-c1cc(C#N)no1. The Morgan fingerprint density at radius 3 is 3.00 bits per heavy atom. The normalized spacial score (nSPS) is 9.85. The number of hydrogen-bond acceptors (Lipinski definition) is 4. The first-order chi connectivity index (χ1) is 6.31. The lowest BCUT2D eigenvalue weighted by atomic mass is 10.2. The maximum atomic E-state index is 8.55. The third-order valence-electron chi connectivity index (χ3n) is 1.71. The van der Waals surface area contributed by atoms with Crippen LogP contribution in [0.5, 0.6) is 0 Å². The molecule has 0 amide bonds. The maximum absolute atomic E-state index is 8.55. The molecule has 0 bridgehead atoms. The van der Waals surface area contributed by atoms with E-state index in [0.717, 1.165) is 10.4 Å². The third-order valence-corrected chi connectivity index (χ3v) is 2.74. The van der Waals surface area contributed by atoms with Crippen molar-refractivity contribution in [2.45, 2.75) is 6.92 Å². The zero-order valence-electron chi connectivity index (χ0n) is 6.94. The highest BCUT2D eigenvalue weighted by molar-refractivity contribution is 7.13. The van der Waals surface area contributed by atoms with E-state index in [-0.39, 0.29) is 0 Å². The molecule has 0 aromatic carbocycles. The molecule has 0 aliphatic carbocycles. The summed E-state index contributed by atoms with van der Waals surface area (Å²) in [6, 6.07) is 5.59. The minimum atomic E-state index is 0.322. The number of aryl methyl sites for hydroxylation is 1. The Hall–Kier alpha value is -1.60. The van der Waals surface area contributed by atoms with Crippen LogP contribution in [0.4, 0.5) is 0 Å². The van der Waals surface area contributed by atoms with Crippen molar-refractivity contribution in [3.05, 3.63) is 28.8 Å². The summed E-state index contributed by atoms with van der Waals surface area (Å²) in [5.41, 5.74) is 1.47. The van der Waals surface area contributed by atoms with E-state index in [1.54, 1.807) is 17.4 Å². The molecule has 2 aromatic heterocycles. The van der Waals surface area contributed by atoms with Crippen molar-refractivity contribution in [1.82, 2.24) is 5.16 Å². The van der Waals surface area contributed by atoms with Crippen LogP contribution < -0.4 is 0 Å². The summed E-state index contributed by atoms with van der Waals surface area (Å²) >= 11 is 1.58. The van der Waals surface area contributed by atoms with Gasteiger partial charge in [0.2, 0.25) is 0 Å². The minimum absolute atomic E-state index is 0.322. The van der Waals surface area contributed by atoms with Gasteiger partial charge in [0.15, 0.2) is 11.5 Å². The Morgan fingerprint density at radius 2 is 2.46 bits per heavy atom. The van der Waals surface area contributed by atoms with Crippen molar-refractivity contribution in [2.24, 2.45) is 0 Å². The predicted octanol–water partition coefficient (Wildman–Crippen LogP) is 2.58. The van der Waals surface area contributed by atoms with Crippen molar-refractivity contribution >= 4 is 11.3 Å². The molecule has 2 rings (SSSR count). The fourth-order valence-corrected chi connectivity index (χ4v) is 1.93. The number of hydrogen-bond donors (Lipinski definition) is 0. The van der Waals surface area contributed by atoms with Crippen LogP contribution in [-0.4, -0.2) is 5.16 Å². The van der Waals surface area contributed by atoms with Gasteiger partial charge in [-0.2, -0.15) is 5.26 Å². The quantitative estimate of drug-likeness (QED) is 0.694. The van der Waals surface area contributed by atoms with Crippen LogP contribution in [0.25, 0.3) is 10.6 Å². The molecule has 2 heterocycles. The summed E-state index contributed by atoms with van der Waals surface area (Å²) < 4.78 is 5.02. The van der Waals surface area contributed by atoms with Crippen LogP contribution in [0, 0.1) is 18.3 Å². The molecule has 2 aromatic rings. The third kappa shape index (κ3) is 1.34. The molecule has 13 heavy (non-hydrogen) atoms. The van der Waals surface area contributed by atoms with Gasteiger partial charge in [-0.1, -0.05) is 5.16 Å². The first-order valence-corrected chi connectivity index (χ1v) is 4.60. The summed E-state index contributed by atoms with van der Waals surface area (Å²) in [6.07, 6.45) is 0.